The van der Waals surface area contributed by atoms with Crippen molar-refractivity contribution in [2.45, 2.75) is 20.4 Å². The molecule has 1 aromatic heterocycles. The Morgan fingerprint density at radius 3 is 2.89 bits per heavy atom. The molecule has 19 heavy (non-hydrogen) atoms. The van der Waals surface area contributed by atoms with Crippen molar-refractivity contribution in [3.63, 3.8) is 0 Å². The standard InChI is InChI=1S/C15H20N2OS/c1-3-19(18)9-8-16-11-13-10-12(2)17-15-7-5-4-6-14(13)15/h4-7,10,16H,3,8-9,11H2,1-2H3. The van der Waals surface area contributed by atoms with E-state index in [1.54, 1.807) is 0 Å². The molecular weight excluding hydrogens is 256 g/mol. The van der Waals surface area contributed by atoms with Gasteiger partial charge in [0.1, 0.15) is 0 Å². The van der Waals surface area contributed by atoms with Crippen LogP contribution in [0, 0.1) is 6.92 Å². The molecule has 0 fully saturated rings. The minimum Gasteiger partial charge on any atom is -0.312 e. The molecule has 1 unspecified atom stereocenters. The Morgan fingerprint density at radius 1 is 1.32 bits per heavy atom. The summed E-state index contributed by atoms with van der Waals surface area (Å²) in [6, 6.07) is 10.3. The van der Waals surface area contributed by atoms with E-state index in [-0.39, 0.29) is 0 Å². The van der Waals surface area contributed by atoms with Crippen LogP contribution in [-0.2, 0) is 17.3 Å². The number of hydrogen-bond acceptors (Lipinski definition) is 3. The molecule has 0 radical (unpaired) electrons. The third-order valence-electron chi connectivity index (χ3n) is 3.07. The summed E-state index contributed by atoms with van der Waals surface area (Å²) in [5.74, 6) is 1.46. The van der Waals surface area contributed by atoms with E-state index in [9.17, 15) is 4.21 Å². The van der Waals surface area contributed by atoms with Gasteiger partial charge < -0.3 is 5.32 Å². The second-order valence-electron chi connectivity index (χ2n) is 4.55. The molecule has 0 saturated carbocycles. The van der Waals surface area contributed by atoms with Gasteiger partial charge in [0.05, 0.1) is 5.52 Å². The van der Waals surface area contributed by atoms with Gasteiger partial charge in [0.15, 0.2) is 0 Å². The van der Waals surface area contributed by atoms with Gasteiger partial charge in [0.25, 0.3) is 0 Å². The molecule has 1 aromatic carbocycles. The largest absolute Gasteiger partial charge is 0.312 e. The first-order valence-electron chi connectivity index (χ1n) is 6.61. The summed E-state index contributed by atoms with van der Waals surface area (Å²) in [6.45, 7) is 5.55. The number of aromatic nitrogens is 1. The van der Waals surface area contributed by atoms with Gasteiger partial charge in [-0.05, 0) is 24.6 Å². The maximum Gasteiger partial charge on any atom is 0.0708 e. The van der Waals surface area contributed by atoms with Crippen LogP contribution < -0.4 is 5.32 Å². The zero-order valence-electron chi connectivity index (χ0n) is 11.5. The molecule has 1 atom stereocenters. The Hall–Kier alpha value is -1.26. The lowest BCUT2D eigenvalue weighted by atomic mass is 10.1. The lowest BCUT2D eigenvalue weighted by Crippen LogP contribution is -2.20. The zero-order chi connectivity index (χ0) is 13.7. The van der Waals surface area contributed by atoms with Crippen LogP contribution in [0.2, 0.25) is 0 Å². The number of fused-ring (bicyclic) bond motifs is 1. The fourth-order valence-corrected chi connectivity index (χ4v) is 2.76. The lowest BCUT2D eigenvalue weighted by molar-refractivity contribution is 0.674. The van der Waals surface area contributed by atoms with Crippen LogP contribution in [0.1, 0.15) is 18.2 Å². The predicted octanol–water partition coefficient (Wildman–Crippen LogP) is 2.40. The Balaban J connectivity index is 2.06. The van der Waals surface area contributed by atoms with Gasteiger partial charge in [-0.15, -0.1) is 0 Å². The summed E-state index contributed by atoms with van der Waals surface area (Å²) >= 11 is 0. The van der Waals surface area contributed by atoms with Crippen molar-refractivity contribution < 1.29 is 4.21 Å². The van der Waals surface area contributed by atoms with Crippen LogP contribution in [0.3, 0.4) is 0 Å². The summed E-state index contributed by atoms with van der Waals surface area (Å²) in [5, 5.41) is 4.56. The van der Waals surface area contributed by atoms with Crippen molar-refractivity contribution >= 4 is 21.7 Å². The van der Waals surface area contributed by atoms with Gasteiger partial charge in [0, 0.05) is 46.5 Å². The van der Waals surface area contributed by atoms with Gasteiger partial charge in [-0.2, -0.15) is 0 Å². The molecule has 0 bridgehead atoms. The van der Waals surface area contributed by atoms with E-state index in [2.05, 4.69) is 22.4 Å². The number of aryl methyl sites for hydroxylation is 1. The molecule has 3 nitrogen and oxygen atoms in total. The van der Waals surface area contributed by atoms with Gasteiger partial charge in [-0.25, -0.2) is 0 Å². The molecule has 1 N–H and O–H groups in total. The zero-order valence-corrected chi connectivity index (χ0v) is 12.3. The molecule has 0 amide bonds. The molecule has 2 rings (SSSR count). The van der Waals surface area contributed by atoms with Crippen LogP contribution in [-0.4, -0.2) is 27.2 Å². The molecule has 2 aromatic rings. The molecule has 0 saturated heterocycles. The lowest BCUT2D eigenvalue weighted by Gasteiger charge is -2.09. The highest BCUT2D eigenvalue weighted by atomic mass is 32.2. The highest BCUT2D eigenvalue weighted by molar-refractivity contribution is 7.84. The number of rotatable bonds is 6. The maximum atomic E-state index is 11.4. The number of para-hydroxylation sites is 1. The fourth-order valence-electron chi connectivity index (χ4n) is 2.09. The molecule has 0 spiro atoms. The molecule has 0 aliphatic heterocycles. The quantitative estimate of drug-likeness (QED) is 0.824. The second kappa shape index (κ2) is 6.78. The molecule has 0 aliphatic rings. The van der Waals surface area contributed by atoms with E-state index in [0.29, 0.717) is 0 Å². The van der Waals surface area contributed by atoms with Crippen molar-refractivity contribution in [3.05, 3.63) is 41.6 Å². The third kappa shape index (κ3) is 3.85. The van der Waals surface area contributed by atoms with Gasteiger partial charge >= 0.3 is 0 Å². The molecule has 4 heteroatoms. The maximum absolute atomic E-state index is 11.4. The Morgan fingerprint density at radius 2 is 2.11 bits per heavy atom. The molecule has 102 valence electrons. The molecular formula is C15H20N2OS. The minimum atomic E-state index is -0.691. The van der Waals surface area contributed by atoms with Gasteiger partial charge in [0.2, 0.25) is 0 Å². The van der Waals surface area contributed by atoms with Crippen LogP contribution in [0.5, 0.6) is 0 Å². The van der Waals surface area contributed by atoms with Crippen molar-refractivity contribution in [3.8, 4) is 0 Å². The second-order valence-corrected chi connectivity index (χ2v) is 6.41. The van der Waals surface area contributed by atoms with Crippen molar-refractivity contribution in [1.29, 1.82) is 0 Å². The number of benzene rings is 1. The van der Waals surface area contributed by atoms with Gasteiger partial charge in [-0.3, -0.25) is 9.19 Å². The van der Waals surface area contributed by atoms with E-state index in [1.165, 1.54) is 10.9 Å². The van der Waals surface area contributed by atoms with Crippen LogP contribution in [0.25, 0.3) is 10.9 Å². The first kappa shape index (κ1) is 14.2. The van der Waals surface area contributed by atoms with E-state index >= 15 is 0 Å². The minimum absolute atomic E-state index is 0.691. The third-order valence-corrected chi connectivity index (χ3v) is 4.38. The van der Waals surface area contributed by atoms with Crippen LogP contribution in [0.15, 0.2) is 30.3 Å². The number of nitrogens with one attached hydrogen (secondary N) is 1. The Labute approximate surface area is 116 Å². The summed E-state index contributed by atoms with van der Waals surface area (Å²) in [4.78, 5) is 4.53. The van der Waals surface area contributed by atoms with E-state index < -0.39 is 10.8 Å². The summed E-state index contributed by atoms with van der Waals surface area (Å²) in [7, 11) is -0.691. The van der Waals surface area contributed by atoms with E-state index in [0.717, 1.165) is 35.8 Å². The van der Waals surface area contributed by atoms with Crippen molar-refractivity contribution in [1.82, 2.24) is 10.3 Å². The van der Waals surface area contributed by atoms with E-state index in [1.807, 2.05) is 32.0 Å². The Kier molecular flexibility index (Phi) is 5.05. The molecule has 0 aliphatic carbocycles. The van der Waals surface area contributed by atoms with Crippen LogP contribution >= 0.6 is 0 Å². The highest BCUT2D eigenvalue weighted by Crippen LogP contribution is 2.17. The Bertz CT molecular complexity index is 583. The fraction of sp³-hybridized carbons (Fsp3) is 0.400. The first-order valence-corrected chi connectivity index (χ1v) is 8.10. The van der Waals surface area contributed by atoms with E-state index in [4.69, 9.17) is 0 Å². The predicted molar refractivity (Wildman–Crippen MR) is 81.7 cm³/mol. The summed E-state index contributed by atoms with van der Waals surface area (Å²) in [5.41, 5.74) is 3.33. The van der Waals surface area contributed by atoms with Crippen molar-refractivity contribution in [2.75, 3.05) is 18.1 Å². The number of hydrogen-bond donors (Lipinski definition) is 1. The number of pyridine rings is 1. The summed E-state index contributed by atoms with van der Waals surface area (Å²) < 4.78 is 11.4. The normalized spacial score (nSPS) is 12.7. The first-order chi connectivity index (χ1) is 9.20. The summed E-state index contributed by atoms with van der Waals surface area (Å²) in [6.07, 6.45) is 0. The average molecular weight is 276 g/mol. The average Bonchev–Trinajstić information content (AvgIpc) is 2.42. The smallest absolute Gasteiger partial charge is 0.0708 e. The number of nitrogens with zero attached hydrogens (tertiary/aromatic N) is 1. The molecule has 1 heterocycles. The SMILES string of the molecule is CCS(=O)CCNCc1cc(C)nc2ccccc12. The van der Waals surface area contributed by atoms with Crippen molar-refractivity contribution in [2.24, 2.45) is 0 Å². The topological polar surface area (TPSA) is 42.0 Å². The monoisotopic (exact) mass is 276 g/mol. The van der Waals surface area contributed by atoms with Gasteiger partial charge in [-0.1, -0.05) is 25.1 Å². The van der Waals surface area contributed by atoms with Crippen LogP contribution in [0.4, 0.5) is 0 Å². The highest BCUT2D eigenvalue weighted by Gasteiger charge is 2.03.